The van der Waals surface area contributed by atoms with E-state index < -0.39 is 0 Å². The van der Waals surface area contributed by atoms with Crippen molar-refractivity contribution in [1.82, 2.24) is 20.1 Å². The summed E-state index contributed by atoms with van der Waals surface area (Å²) in [5.74, 6) is 1.67. The Morgan fingerprint density at radius 3 is 2.84 bits per heavy atom. The van der Waals surface area contributed by atoms with Gasteiger partial charge in [-0.05, 0) is 30.9 Å². The highest BCUT2D eigenvalue weighted by atomic mass is 35.5. The number of nitrogens with one attached hydrogen (secondary N) is 1. The quantitative estimate of drug-likeness (QED) is 0.801. The van der Waals surface area contributed by atoms with Crippen LogP contribution in [0.2, 0.25) is 5.02 Å². The van der Waals surface area contributed by atoms with Gasteiger partial charge in [0.2, 0.25) is 5.91 Å². The molecule has 0 bridgehead atoms. The van der Waals surface area contributed by atoms with Crippen molar-refractivity contribution in [2.45, 2.75) is 43.8 Å². The normalized spacial score (nSPS) is 20.4. The third-order valence-electron chi connectivity index (χ3n) is 4.74. The Morgan fingerprint density at radius 1 is 1.32 bits per heavy atom. The third-order valence-corrected chi connectivity index (χ3v) is 6.09. The van der Waals surface area contributed by atoms with Crippen molar-refractivity contribution in [2.75, 3.05) is 5.75 Å². The molecule has 5 nitrogen and oxygen atoms in total. The number of rotatable bonds is 5. The highest BCUT2D eigenvalue weighted by Crippen LogP contribution is 2.28. The maximum absolute atomic E-state index is 12.3. The molecule has 1 aromatic heterocycles. The lowest BCUT2D eigenvalue weighted by atomic mass is 9.86. The van der Waals surface area contributed by atoms with E-state index in [4.69, 9.17) is 11.6 Å². The fourth-order valence-electron chi connectivity index (χ4n) is 3.23. The minimum absolute atomic E-state index is 0.0612. The first kappa shape index (κ1) is 18.3. The van der Waals surface area contributed by atoms with Crippen molar-refractivity contribution in [3.8, 4) is 11.4 Å². The lowest BCUT2D eigenvalue weighted by Crippen LogP contribution is -2.41. The molecule has 2 aromatic rings. The Bertz CT molecular complexity index is 748. The van der Waals surface area contributed by atoms with E-state index in [1.54, 1.807) is 0 Å². The average molecular weight is 379 g/mol. The molecule has 0 unspecified atom stereocenters. The highest BCUT2D eigenvalue weighted by Gasteiger charge is 2.23. The predicted octanol–water partition coefficient (Wildman–Crippen LogP) is 3.92. The van der Waals surface area contributed by atoms with Gasteiger partial charge in [-0.2, -0.15) is 0 Å². The maximum atomic E-state index is 12.3. The van der Waals surface area contributed by atoms with Gasteiger partial charge >= 0.3 is 0 Å². The van der Waals surface area contributed by atoms with Crippen molar-refractivity contribution >= 4 is 29.3 Å². The lowest BCUT2D eigenvalue weighted by molar-refractivity contribution is -0.119. The summed E-state index contributed by atoms with van der Waals surface area (Å²) in [6, 6.07) is 7.85. The van der Waals surface area contributed by atoms with E-state index in [9.17, 15) is 4.79 Å². The van der Waals surface area contributed by atoms with Crippen LogP contribution in [0.4, 0.5) is 0 Å². The minimum Gasteiger partial charge on any atom is -0.352 e. The molecule has 0 spiro atoms. The zero-order chi connectivity index (χ0) is 17.8. The SMILES string of the molecule is C[C@H]1CCCC[C@H]1NC(=O)CSc1nnc(-c2ccccc2Cl)n1C. The van der Waals surface area contributed by atoms with Crippen LogP contribution < -0.4 is 5.32 Å². The largest absolute Gasteiger partial charge is 0.352 e. The van der Waals surface area contributed by atoms with Gasteiger partial charge in [-0.3, -0.25) is 4.79 Å². The standard InChI is InChI=1S/C18H23ClN4OS/c1-12-7-3-6-10-15(12)20-16(24)11-25-18-22-21-17(23(18)2)13-8-4-5-9-14(13)19/h4-5,8-9,12,15H,3,6-7,10-11H2,1-2H3,(H,20,24)/t12-,15+/m0/s1. The van der Waals surface area contributed by atoms with E-state index in [0.29, 0.717) is 33.7 Å². The molecule has 2 atom stereocenters. The summed E-state index contributed by atoms with van der Waals surface area (Å²) >= 11 is 7.64. The third kappa shape index (κ3) is 4.36. The van der Waals surface area contributed by atoms with Crippen LogP contribution in [-0.2, 0) is 11.8 Å². The van der Waals surface area contributed by atoms with Crippen molar-refractivity contribution in [1.29, 1.82) is 0 Å². The van der Waals surface area contributed by atoms with Gasteiger partial charge < -0.3 is 9.88 Å². The van der Waals surface area contributed by atoms with E-state index in [1.807, 2.05) is 35.9 Å². The van der Waals surface area contributed by atoms with Gasteiger partial charge in [0.05, 0.1) is 10.8 Å². The van der Waals surface area contributed by atoms with Crippen LogP contribution in [0.3, 0.4) is 0 Å². The van der Waals surface area contributed by atoms with E-state index >= 15 is 0 Å². The molecule has 0 aliphatic heterocycles. The van der Waals surface area contributed by atoms with E-state index in [0.717, 1.165) is 12.0 Å². The van der Waals surface area contributed by atoms with Crippen LogP contribution in [0.15, 0.2) is 29.4 Å². The number of carbonyl (C=O) groups is 1. The first-order chi connectivity index (χ1) is 12.1. The molecule has 25 heavy (non-hydrogen) atoms. The summed E-state index contributed by atoms with van der Waals surface area (Å²) < 4.78 is 1.88. The van der Waals surface area contributed by atoms with Gasteiger partial charge in [0.25, 0.3) is 0 Å². The number of aromatic nitrogens is 3. The molecule has 134 valence electrons. The van der Waals surface area contributed by atoms with Gasteiger partial charge in [0.15, 0.2) is 11.0 Å². The fraction of sp³-hybridized carbons (Fsp3) is 0.500. The van der Waals surface area contributed by atoms with Crippen molar-refractivity contribution in [3.63, 3.8) is 0 Å². The zero-order valence-corrected chi connectivity index (χ0v) is 16.1. The highest BCUT2D eigenvalue weighted by molar-refractivity contribution is 7.99. The first-order valence-electron chi connectivity index (χ1n) is 8.62. The second-order valence-electron chi connectivity index (χ2n) is 6.57. The number of amides is 1. The van der Waals surface area contributed by atoms with E-state index in [1.165, 1.54) is 31.0 Å². The summed E-state index contributed by atoms with van der Waals surface area (Å²) in [4.78, 5) is 12.3. The van der Waals surface area contributed by atoms with Crippen molar-refractivity contribution in [2.24, 2.45) is 13.0 Å². The molecule has 1 saturated carbocycles. The van der Waals surface area contributed by atoms with Crippen LogP contribution in [-0.4, -0.2) is 32.5 Å². The number of hydrogen-bond acceptors (Lipinski definition) is 4. The van der Waals surface area contributed by atoms with Crippen LogP contribution in [0.1, 0.15) is 32.6 Å². The van der Waals surface area contributed by atoms with Gasteiger partial charge in [-0.1, -0.05) is 55.3 Å². The van der Waals surface area contributed by atoms with Crippen LogP contribution in [0.5, 0.6) is 0 Å². The van der Waals surface area contributed by atoms with Gasteiger partial charge in [-0.25, -0.2) is 0 Å². The average Bonchev–Trinajstić information content (AvgIpc) is 2.96. The summed E-state index contributed by atoms with van der Waals surface area (Å²) in [6.45, 7) is 2.22. The van der Waals surface area contributed by atoms with Crippen molar-refractivity contribution in [3.05, 3.63) is 29.3 Å². The second kappa shape index (κ2) is 8.23. The Labute approximate surface area is 157 Å². The number of carbonyl (C=O) groups excluding carboxylic acids is 1. The Kier molecular flexibility index (Phi) is 6.02. The minimum atomic E-state index is 0.0612. The molecule has 1 aliphatic rings. The zero-order valence-electron chi connectivity index (χ0n) is 14.5. The molecule has 0 radical (unpaired) electrons. The summed E-state index contributed by atoms with van der Waals surface area (Å²) in [7, 11) is 1.89. The number of halogens is 1. The van der Waals surface area contributed by atoms with Gasteiger partial charge in [-0.15, -0.1) is 10.2 Å². The van der Waals surface area contributed by atoms with Crippen molar-refractivity contribution < 1.29 is 4.79 Å². The fourth-order valence-corrected chi connectivity index (χ4v) is 4.17. The topological polar surface area (TPSA) is 59.8 Å². The summed E-state index contributed by atoms with van der Waals surface area (Å²) in [5.41, 5.74) is 0.839. The molecule has 0 saturated heterocycles. The molecular weight excluding hydrogens is 356 g/mol. The molecule has 1 heterocycles. The van der Waals surface area contributed by atoms with Crippen LogP contribution in [0, 0.1) is 5.92 Å². The smallest absolute Gasteiger partial charge is 0.230 e. The molecule has 1 fully saturated rings. The molecule has 1 aromatic carbocycles. The lowest BCUT2D eigenvalue weighted by Gasteiger charge is -2.29. The van der Waals surface area contributed by atoms with Crippen LogP contribution in [0.25, 0.3) is 11.4 Å². The molecule has 7 heteroatoms. The van der Waals surface area contributed by atoms with Crippen LogP contribution >= 0.6 is 23.4 Å². The number of benzene rings is 1. The Hall–Kier alpha value is -1.53. The number of thioether (sulfide) groups is 1. The Balaban J connectivity index is 1.60. The summed E-state index contributed by atoms with van der Waals surface area (Å²) in [6.07, 6.45) is 4.75. The maximum Gasteiger partial charge on any atom is 0.230 e. The van der Waals surface area contributed by atoms with E-state index in [2.05, 4.69) is 22.4 Å². The predicted molar refractivity (Wildman–Crippen MR) is 102 cm³/mol. The first-order valence-corrected chi connectivity index (χ1v) is 9.99. The summed E-state index contributed by atoms with van der Waals surface area (Å²) in [5, 5.41) is 12.9. The Morgan fingerprint density at radius 2 is 2.08 bits per heavy atom. The molecule has 1 amide bonds. The molecule has 1 N–H and O–H groups in total. The van der Waals surface area contributed by atoms with Gasteiger partial charge in [0.1, 0.15) is 0 Å². The molecule has 3 rings (SSSR count). The monoisotopic (exact) mass is 378 g/mol. The second-order valence-corrected chi connectivity index (χ2v) is 7.92. The number of hydrogen-bond donors (Lipinski definition) is 1. The molecular formula is C18H23ClN4OS. The van der Waals surface area contributed by atoms with Gasteiger partial charge in [0, 0.05) is 18.7 Å². The molecule has 1 aliphatic carbocycles. The van der Waals surface area contributed by atoms with E-state index in [-0.39, 0.29) is 5.91 Å². The number of nitrogens with zero attached hydrogens (tertiary/aromatic N) is 3.